The topological polar surface area (TPSA) is 86.5 Å². The van der Waals surface area contributed by atoms with Gasteiger partial charge in [-0.25, -0.2) is 4.79 Å². The molecule has 0 fully saturated rings. The van der Waals surface area contributed by atoms with Gasteiger partial charge in [-0.1, -0.05) is 0 Å². The van der Waals surface area contributed by atoms with Crippen LogP contribution in [0.15, 0.2) is 36.1 Å². The summed E-state index contributed by atoms with van der Waals surface area (Å²) in [4.78, 5) is 32.2. The van der Waals surface area contributed by atoms with E-state index in [1.165, 1.54) is 44.2 Å². The predicted molar refractivity (Wildman–Crippen MR) is 62.9 cm³/mol. The van der Waals surface area contributed by atoms with Gasteiger partial charge in [-0.15, -0.1) is 0 Å². The third-order valence-corrected chi connectivity index (χ3v) is 1.97. The van der Waals surface area contributed by atoms with Crippen molar-refractivity contribution in [3.05, 3.63) is 51.8 Å². The van der Waals surface area contributed by atoms with Crippen LogP contribution in [0.1, 0.15) is 24.2 Å². The molecule has 18 heavy (non-hydrogen) atoms. The highest BCUT2D eigenvalue weighted by molar-refractivity contribution is 5.92. The molecule has 0 atom stereocenters. The fraction of sp³-hybridized carbons (Fsp3) is 0.167. The van der Waals surface area contributed by atoms with E-state index in [2.05, 4.69) is 0 Å². The number of hydrogen-bond donors (Lipinski definition) is 0. The normalized spacial score (nSPS) is 10.9. The molecule has 1 aromatic rings. The van der Waals surface area contributed by atoms with E-state index < -0.39 is 10.9 Å². The van der Waals surface area contributed by atoms with Crippen molar-refractivity contribution in [1.29, 1.82) is 0 Å². The number of ketones is 1. The number of non-ortho nitro benzene ring substituents is 1. The summed E-state index contributed by atoms with van der Waals surface area (Å²) in [6, 6.07) is 5.00. The van der Waals surface area contributed by atoms with Crippen molar-refractivity contribution >= 4 is 17.4 Å². The second kappa shape index (κ2) is 5.72. The van der Waals surface area contributed by atoms with E-state index in [0.29, 0.717) is 0 Å². The summed E-state index contributed by atoms with van der Waals surface area (Å²) in [7, 11) is 0. The highest BCUT2D eigenvalue weighted by atomic mass is 16.6. The second-order valence-electron chi connectivity index (χ2n) is 3.56. The lowest BCUT2D eigenvalue weighted by Gasteiger charge is -2.03. The summed E-state index contributed by atoms with van der Waals surface area (Å²) < 4.78 is 4.88. The molecule has 0 heterocycles. The Morgan fingerprint density at radius 2 is 1.78 bits per heavy atom. The number of benzene rings is 1. The number of carbonyl (C=O) groups excluding carboxylic acids is 2. The van der Waals surface area contributed by atoms with E-state index >= 15 is 0 Å². The zero-order valence-electron chi connectivity index (χ0n) is 9.88. The van der Waals surface area contributed by atoms with Crippen LogP contribution in [0.3, 0.4) is 0 Å². The molecular weight excluding hydrogens is 238 g/mol. The number of nitro benzene ring substituents is 1. The SMILES string of the molecule is CC(=O)/C=C(/C)OC(=O)c1ccc([N+](=O)[O-])cc1. The molecule has 0 saturated heterocycles. The maximum Gasteiger partial charge on any atom is 0.343 e. The molecule has 0 radical (unpaired) electrons. The Morgan fingerprint density at radius 3 is 2.22 bits per heavy atom. The fourth-order valence-corrected chi connectivity index (χ4v) is 1.24. The van der Waals surface area contributed by atoms with Crippen molar-refractivity contribution in [3.63, 3.8) is 0 Å². The van der Waals surface area contributed by atoms with Crippen LogP contribution in [0.4, 0.5) is 5.69 Å². The summed E-state index contributed by atoms with van der Waals surface area (Å²) >= 11 is 0. The first-order valence-electron chi connectivity index (χ1n) is 5.05. The maximum absolute atomic E-state index is 11.6. The summed E-state index contributed by atoms with van der Waals surface area (Å²) in [6.07, 6.45) is 1.18. The number of rotatable bonds is 4. The number of esters is 1. The quantitative estimate of drug-likeness (QED) is 0.268. The van der Waals surface area contributed by atoms with Gasteiger partial charge in [0.15, 0.2) is 5.78 Å². The largest absolute Gasteiger partial charge is 0.428 e. The van der Waals surface area contributed by atoms with Crippen molar-refractivity contribution in [3.8, 4) is 0 Å². The maximum atomic E-state index is 11.6. The summed E-state index contributed by atoms with van der Waals surface area (Å²) in [5.74, 6) is -0.727. The fourth-order valence-electron chi connectivity index (χ4n) is 1.24. The molecule has 0 N–H and O–H groups in total. The van der Waals surface area contributed by atoms with Crippen molar-refractivity contribution in [2.45, 2.75) is 13.8 Å². The third kappa shape index (κ3) is 3.82. The molecule has 0 spiro atoms. The van der Waals surface area contributed by atoms with E-state index in [1.807, 2.05) is 0 Å². The van der Waals surface area contributed by atoms with Gasteiger partial charge in [0.2, 0.25) is 0 Å². The summed E-state index contributed by atoms with van der Waals surface area (Å²) in [6.45, 7) is 2.81. The molecule has 0 unspecified atom stereocenters. The first-order chi connectivity index (χ1) is 8.40. The molecule has 0 aliphatic heterocycles. The first kappa shape index (κ1) is 13.6. The molecule has 0 aromatic heterocycles. The minimum absolute atomic E-state index is 0.109. The minimum atomic E-state index is -0.667. The zero-order valence-corrected chi connectivity index (χ0v) is 9.88. The van der Waals surface area contributed by atoms with Crippen molar-refractivity contribution < 1.29 is 19.2 Å². The Hall–Kier alpha value is -2.50. The Balaban J connectivity index is 2.79. The molecular formula is C12H11NO5. The molecule has 0 bridgehead atoms. The Morgan fingerprint density at radius 1 is 1.22 bits per heavy atom. The van der Waals surface area contributed by atoms with E-state index in [1.54, 1.807) is 0 Å². The molecule has 6 nitrogen and oxygen atoms in total. The van der Waals surface area contributed by atoms with Gasteiger partial charge in [-0.05, 0) is 26.0 Å². The molecule has 0 aliphatic rings. The van der Waals surface area contributed by atoms with Crippen LogP contribution < -0.4 is 0 Å². The second-order valence-corrected chi connectivity index (χ2v) is 3.56. The summed E-state index contributed by atoms with van der Waals surface area (Å²) in [5.41, 5.74) is 0.0689. The molecule has 0 aliphatic carbocycles. The van der Waals surface area contributed by atoms with E-state index in [9.17, 15) is 19.7 Å². The van der Waals surface area contributed by atoms with Gasteiger partial charge in [0.05, 0.1) is 10.5 Å². The van der Waals surface area contributed by atoms with Gasteiger partial charge in [-0.3, -0.25) is 14.9 Å². The van der Waals surface area contributed by atoms with E-state index in [-0.39, 0.29) is 22.8 Å². The van der Waals surface area contributed by atoms with Gasteiger partial charge in [0.1, 0.15) is 5.76 Å². The van der Waals surface area contributed by atoms with Crippen LogP contribution in [0.5, 0.6) is 0 Å². The zero-order chi connectivity index (χ0) is 13.7. The first-order valence-corrected chi connectivity index (χ1v) is 5.05. The molecule has 1 aromatic carbocycles. The lowest BCUT2D eigenvalue weighted by atomic mass is 10.2. The highest BCUT2D eigenvalue weighted by Gasteiger charge is 2.11. The lowest BCUT2D eigenvalue weighted by molar-refractivity contribution is -0.384. The molecule has 0 amide bonds. The van der Waals surface area contributed by atoms with Gasteiger partial charge in [-0.2, -0.15) is 0 Å². The van der Waals surface area contributed by atoms with Crippen LogP contribution in [0, 0.1) is 10.1 Å². The van der Waals surface area contributed by atoms with Crippen LogP contribution in [0.25, 0.3) is 0 Å². The third-order valence-electron chi connectivity index (χ3n) is 1.97. The molecule has 1 rings (SSSR count). The molecule has 94 valence electrons. The van der Waals surface area contributed by atoms with Crippen molar-refractivity contribution in [2.75, 3.05) is 0 Å². The Bertz CT molecular complexity index is 516. The van der Waals surface area contributed by atoms with Gasteiger partial charge in [0, 0.05) is 18.2 Å². The number of nitro groups is 1. The number of nitrogens with zero attached hydrogens (tertiary/aromatic N) is 1. The molecule has 6 heteroatoms. The van der Waals surface area contributed by atoms with Crippen molar-refractivity contribution in [2.24, 2.45) is 0 Å². The molecule has 0 saturated carbocycles. The van der Waals surface area contributed by atoms with Gasteiger partial charge >= 0.3 is 5.97 Å². The standard InChI is InChI=1S/C12H11NO5/c1-8(14)7-9(2)18-12(15)10-3-5-11(6-4-10)13(16)17/h3-7H,1-2H3/b9-7-. The van der Waals surface area contributed by atoms with Crippen LogP contribution in [0.2, 0.25) is 0 Å². The number of hydrogen-bond acceptors (Lipinski definition) is 5. The average Bonchev–Trinajstić information content (AvgIpc) is 2.27. The van der Waals surface area contributed by atoms with Crippen LogP contribution in [-0.4, -0.2) is 16.7 Å². The monoisotopic (exact) mass is 249 g/mol. The number of allylic oxidation sites excluding steroid dienone is 2. The van der Waals surface area contributed by atoms with Crippen LogP contribution >= 0.6 is 0 Å². The van der Waals surface area contributed by atoms with Crippen LogP contribution in [-0.2, 0) is 9.53 Å². The Labute approximate surface area is 103 Å². The highest BCUT2D eigenvalue weighted by Crippen LogP contribution is 2.13. The van der Waals surface area contributed by atoms with E-state index in [4.69, 9.17) is 4.74 Å². The lowest BCUT2D eigenvalue weighted by Crippen LogP contribution is -2.04. The average molecular weight is 249 g/mol. The van der Waals surface area contributed by atoms with Crippen molar-refractivity contribution in [1.82, 2.24) is 0 Å². The van der Waals surface area contributed by atoms with Gasteiger partial charge in [0.25, 0.3) is 5.69 Å². The van der Waals surface area contributed by atoms with Gasteiger partial charge < -0.3 is 4.74 Å². The number of carbonyl (C=O) groups is 2. The minimum Gasteiger partial charge on any atom is -0.428 e. The predicted octanol–water partition coefficient (Wildman–Crippen LogP) is 2.24. The smallest absolute Gasteiger partial charge is 0.343 e. The summed E-state index contributed by atoms with van der Waals surface area (Å²) in [5, 5.41) is 10.4. The number of ether oxygens (including phenoxy) is 1. The van der Waals surface area contributed by atoms with E-state index in [0.717, 1.165) is 0 Å². The Kier molecular flexibility index (Phi) is 4.31.